The maximum Gasteiger partial charge on any atom is 0.213 e. The van der Waals surface area contributed by atoms with E-state index >= 15 is 0 Å². The molecule has 0 atom stereocenters. The van der Waals surface area contributed by atoms with Crippen LogP contribution >= 0.6 is 15.9 Å². The summed E-state index contributed by atoms with van der Waals surface area (Å²) in [5.41, 5.74) is 5.53. The van der Waals surface area contributed by atoms with Crippen molar-refractivity contribution in [2.24, 2.45) is 5.10 Å². The third-order valence-corrected chi connectivity index (χ3v) is 4.15. The van der Waals surface area contributed by atoms with E-state index in [0.29, 0.717) is 11.3 Å². The molecular formula is C20H15BrN2O. The van der Waals surface area contributed by atoms with Gasteiger partial charge < -0.3 is 0 Å². The lowest BCUT2D eigenvalue weighted by atomic mass is 10.0. The van der Waals surface area contributed by atoms with Gasteiger partial charge in [-0.2, -0.15) is 5.10 Å². The molecule has 0 radical (unpaired) electrons. The van der Waals surface area contributed by atoms with E-state index in [1.165, 1.54) is 0 Å². The molecule has 0 aliphatic carbocycles. The predicted molar refractivity (Wildman–Crippen MR) is 102 cm³/mol. The summed E-state index contributed by atoms with van der Waals surface area (Å²) in [7, 11) is 0. The van der Waals surface area contributed by atoms with Crippen LogP contribution in [0.3, 0.4) is 0 Å². The van der Waals surface area contributed by atoms with Gasteiger partial charge in [-0.3, -0.25) is 10.2 Å². The van der Waals surface area contributed by atoms with Crippen molar-refractivity contribution in [2.75, 3.05) is 5.43 Å². The molecule has 0 unspecified atom stereocenters. The van der Waals surface area contributed by atoms with Gasteiger partial charge in [0, 0.05) is 15.6 Å². The lowest BCUT2D eigenvalue weighted by Crippen LogP contribution is -2.17. The summed E-state index contributed by atoms with van der Waals surface area (Å²) in [6.45, 7) is 0. The highest BCUT2D eigenvalue weighted by molar-refractivity contribution is 9.10. The summed E-state index contributed by atoms with van der Waals surface area (Å²) in [6, 6.07) is 26.2. The molecule has 118 valence electrons. The molecule has 0 saturated carbocycles. The van der Waals surface area contributed by atoms with Crippen LogP contribution in [0.4, 0.5) is 5.69 Å². The van der Waals surface area contributed by atoms with E-state index in [0.717, 1.165) is 15.7 Å². The van der Waals surface area contributed by atoms with Gasteiger partial charge in [-0.15, -0.1) is 0 Å². The largest absolute Gasteiger partial charge is 0.287 e. The molecule has 4 heteroatoms. The zero-order chi connectivity index (χ0) is 16.8. The molecule has 0 aliphatic heterocycles. The average Bonchev–Trinajstić information content (AvgIpc) is 2.65. The van der Waals surface area contributed by atoms with Crippen molar-refractivity contribution >= 4 is 33.1 Å². The van der Waals surface area contributed by atoms with Gasteiger partial charge in [-0.05, 0) is 28.1 Å². The van der Waals surface area contributed by atoms with Gasteiger partial charge in [0.05, 0.1) is 5.69 Å². The first-order chi connectivity index (χ1) is 11.8. The maximum absolute atomic E-state index is 12.9. The Balaban J connectivity index is 1.98. The van der Waals surface area contributed by atoms with Gasteiger partial charge in [-0.1, -0.05) is 72.8 Å². The van der Waals surface area contributed by atoms with Crippen LogP contribution in [-0.2, 0) is 0 Å². The molecular weight excluding hydrogens is 364 g/mol. The summed E-state index contributed by atoms with van der Waals surface area (Å²) in [5, 5.41) is 4.39. The fourth-order valence-corrected chi connectivity index (χ4v) is 2.61. The Labute approximate surface area is 149 Å². The number of Topliss-reactive ketones (excluding diaryl/α,β-unsaturated/α-hetero) is 1. The Bertz CT molecular complexity index is 861. The monoisotopic (exact) mass is 378 g/mol. The smallest absolute Gasteiger partial charge is 0.213 e. The normalized spacial score (nSPS) is 11.1. The molecule has 3 rings (SSSR count). The van der Waals surface area contributed by atoms with Crippen LogP contribution in [0.5, 0.6) is 0 Å². The number of anilines is 1. The number of nitrogens with zero attached hydrogens (tertiary/aromatic N) is 1. The van der Waals surface area contributed by atoms with E-state index in [2.05, 4.69) is 26.5 Å². The Morgan fingerprint density at radius 3 is 1.92 bits per heavy atom. The number of carbonyl (C=O) groups is 1. The third kappa shape index (κ3) is 3.78. The van der Waals surface area contributed by atoms with E-state index < -0.39 is 0 Å². The number of hydrazone groups is 1. The van der Waals surface area contributed by atoms with E-state index in [1.807, 2.05) is 72.8 Å². The zero-order valence-electron chi connectivity index (χ0n) is 12.8. The first-order valence-corrected chi connectivity index (χ1v) is 8.28. The Morgan fingerprint density at radius 1 is 0.750 bits per heavy atom. The van der Waals surface area contributed by atoms with E-state index in [1.54, 1.807) is 12.1 Å². The Morgan fingerprint density at radius 2 is 1.29 bits per heavy atom. The number of benzene rings is 3. The van der Waals surface area contributed by atoms with E-state index in [4.69, 9.17) is 0 Å². The van der Waals surface area contributed by atoms with Crippen LogP contribution in [0.1, 0.15) is 15.9 Å². The van der Waals surface area contributed by atoms with Crippen LogP contribution < -0.4 is 5.43 Å². The topological polar surface area (TPSA) is 41.5 Å². The summed E-state index contributed by atoms with van der Waals surface area (Å²) >= 11 is 3.47. The highest BCUT2D eigenvalue weighted by Gasteiger charge is 2.16. The number of ketones is 1. The molecule has 0 bridgehead atoms. The number of hydrogen-bond acceptors (Lipinski definition) is 3. The van der Waals surface area contributed by atoms with Gasteiger partial charge in [0.2, 0.25) is 5.78 Å². The standard InChI is InChI=1S/C20H15BrN2O/c21-17-13-7-8-14-18(17)22-23-19(15-9-3-1-4-10-15)20(24)16-11-5-2-6-12-16/h1-14,22H/b23-19+. The molecule has 24 heavy (non-hydrogen) atoms. The molecule has 1 N–H and O–H groups in total. The van der Waals surface area contributed by atoms with Gasteiger partial charge in [-0.25, -0.2) is 0 Å². The van der Waals surface area contributed by atoms with Crippen molar-refractivity contribution in [1.82, 2.24) is 0 Å². The van der Waals surface area contributed by atoms with Gasteiger partial charge in [0.25, 0.3) is 0 Å². The van der Waals surface area contributed by atoms with Crippen molar-refractivity contribution in [2.45, 2.75) is 0 Å². The third-order valence-electron chi connectivity index (χ3n) is 3.46. The summed E-state index contributed by atoms with van der Waals surface area (Å²) in [4.78, 5) is 12.9. The quantitative estimate of drug-likeness (QED) is 0.379. The molecule has 0 heterocycles. The number of nitrogens with one attached hydrogen (secondary N) is 1. The second-order valence-corrected chi connectivity index (χ2v) is 5.97. The molecule has 0 aliphatic rings. The number of carbonyl (C=O) groups excluding carboxylic acids is 1. The number of halogens is 1. The van der Waals surface area contributed by atoms with Crippen LogP contribution in [-0.4, -0.2) is 11.5 Å². The number of hydrogen-bond donors (Lipinski definition) is 1. The molecule has 3 aromatic carbocycles. The first-order valence-electron chi connectivity index (χ1n) is 7.49. The minimum absolute atomic E-state index is 0.124. The molecule has 0 saturated heterocycles. The fourth-order valence-electron chi connectivity index (χ4n) is 2.24. The summed E-state index contributed by atoms with van der Waals surface area (Å²) in [5.74, 6) is -0.124. The lowest BCUT2D eigenvalue weighted by molar-refractivity contribution is 0.106. The van der Waals surface area contributed by atoms with Crippen LogP contribution in [0.15, 0.2) is 94.5 Å². The molecule has 0 aromatic heterocycles. The molecule has 3 aromatic rings. The zero-order valence-corrected chi connectivity index (χ0v) is 14.4. The molecule has 0 amide bonds. The SMILES string of the molecule is O=C(/C(=N/Nc1ccccc1Br)c1ccccc1)c1ccccc1. The lowest BCUT2D eigenvalue weighted by Gasteiger charge is -2.08. The number of rotatable bonds is 5. The second kappa shape index (κ2) is 7.70. The Hall–Kier alpha value is -2.72. The van der Waals surface area contributed by atoms with E-state index in [9.17, 15) is 4.79 Å². The molecule has 3 nitrogen and oxygen atoms in total. The summed E-state index contributed by atoms with van der Waals surface area (Å²) < 4.78 is 0.883. The van der Waals surface area contributed by atoms with Crippen molar-refractivity contribution in [1.29, 1.82) is 0 Å². The highest BCUT2D eigenvalue weighted by atomic mass is 79.9. The molecule has 0 spiro atoms. The Kier molecular flexibility index (Phi) is 5.18. The number of para-hydroxylation sites is 1. The van der Waals surface area contributed by atoms with Crippen molar-refractivity contribution in [3.8, 4) is 0 Å². The van der Waals surface area contributed by atoms with Gasteiger partial charge >= 0.3 is 0 Å². The summed E-state index contributed by atoms with van der Waals surface area (Å²) in [6.07, 6.45) is 0. The molecule has 0 fully saturated rings. The predicted octanol–water partition coefficient (Wildman–Crippen LogP) is 5.15. The highest BCUT2D eigenvalue weighted by Crippen LogP contribution is 2.21. The first kappa shape index (κ1) is 16.1. The van der Waals surface area contributed by atoms with Crippen LogP contribution in [0.25, 0.3) is 0 Å². The van der Waals surface area contributed by atoms with Crippen LogP contribution in [0, 0.1) is 0 Å². The van der Waals surface area contributed by atoms with Crippen molar-refractivity contribution in [3.63, 3.8) is 0 Å². The maximum atomic E-state index is 12.9. The average molecular weight is 379 g/mol. The van der Waals surface area contributed by atoms with Crippen LogP contribution in [0.2, 0.25) is 0 Å². The van der Waals surface area contributed by atoms with Gasteiger partial charge in [0.15, 0.2) is 0 Å². The fraction of sp³-hybridized carbons (Fsp3) is 0. The van der Waals surface area contributed by atoms with Gasteiger partial charge in [0.1, 0.15) is 5.71 Å². The minimum Gasteiger partial charge on any atom is -0.287 e. The van der Waals surface area contributed by atoms with E-state index in [-0.39, 0.29) is 5.78 Å². The van der Waals surface area contributed by atoms with Crippen molar-refractivity contribution in [3.05, 3.63) is 101 Å². The second-order valence-electron chi connectivity index (χ2n) is 5.11. The minimum atomic E-state index is -0.124. The van der Waals surface area contributed by atoms with Crippen molar-refractivity contribution < 1.29 is 4.79 Å².